The molecule has 0 heterocycles. The lowest BCUT2D eigenvalue weighted by Crippen LogP contribution is -2.30. The van der Waals surface area contributed by atoms with Crippen molar-refractivity contribution in [1.29, 1.82) is 0 Å². The molecule has 0 amide bonds. The van der Waals surface area contributed by atoms with Crippen LogP contribution < -0.4 is 0 Å². The van der Waals surface area contributed by atoms with Crippen LogP contribution in [-0.4, -0.2) is 0 Å². The molecule has 2 aromatic carbocycles. The second kappa shape index (κ2) is 9.98. The molecule has 4 unspecified atom stereocenters. The second-order valence-electron chi connectivity index (χ2n) is 9.88. The van der Waals surface area contributed by atoms with Gasteiger partial charge in [0.25, 0.3) is 0 Å². The van der Waals surface area contributed by atoms with Crippen LogP contribution >= 0.6 is 11.6 Å². The number of fused-ring (bicyclic) bond motifs is 2. The predicted molar refractivity (Wildman–Crippen MR) is 123 cm³/mol. The number of rotatable bonds is 7. The van der Waals surface area contributed by atoms with Gasteiger partial charge in [-0.25, -0.2) is 8.78 Å². The molecule has 0 nitrogen and oxygen atoms in total. The molecule has 3 heteroatoms. The van der Waals surface area contributed by atoms with E-state index in [1.807, 2.05) is 12.1 Å². The van der Waals surface area contributed by atoms with Gasteiger partial charge >= 0.3 is 0 Å². The molecule has 0 radical (unpaired) electrons. The monoisotopic (exact) mass is 432 g/mol. The van der Waals surface area contributed by atoms with Crippen molar-refractivity contribution < 1.29 is 8.78 Å². The smallest absolute Gasteiger partial charge is 0.152 e. The minimum Gasteiger partial charge on any atom is -0.205 e. The minimum atomic E-state index is -0.671. The molecule has 2 saturated carbocycles. The first kappa shape index (κ1) is 22.1. The van der Waals surface area contributed by atoms with Gasteiger partial charge < -0.3 is 0 Å². The second-order valence-corrected chi connectivity index (χ2v) is 10.3. The molecule has 4 rings (SSSR count). The third kappa shape index (κ3) is 4.85. The number of halogens is 3. The lowest BCUT2D eigenvalue weighted by Gasteiger charge is -2.42. The van der Waals surface area contributed by atoms with E-state index in [1.54, 1.807) is 6.07 Å². The zero-order chi connectivity index (χ0) is 21.1. The van der Waals surface area contributed by atoms with Crippen molar-refractivity contribution in [1.82, 2.24) is 0 Å². The van der Waals surface area contributed by atoms with E-state index in [4.69, 9.17) is 11.6 Å². The molecule has 2 aliphatic carbocycles. The zero-order valence-electron chi connectivity index (χ0n) is 18.2. The van der Waals surface area contributed by atoms with Crippen LogP contribution in [0.5, 0.6) is 0 Å². The van der Waals surface area contributed by atoms with Crippen molar-refractivity contribution in [3.05, 3.63) is 46.5 Å². The van der Waals surface area contributed by atoms with E-state index in [0.29, 0.717) is 16.7 Å². The highest BCUT2D eigenvalue weighted by atomic mass is 35.5. The molecule has 30 heavy (non-hydrogen) atoms. The molecule has 0 bridgehead atoms. The number of unbranched alkanes of at least 4 members (excludes halogenated alkanes) is 4. The molecule has 2 aromatic rings. The SMILES string of the molecule is CCCCCCCC1CCC2CC(c3ccc4c(F)c(Cl)c(F)cc4c3)CCC2C1. The van der Waals surface area contributed by atoms with E-state index < -0.39 is 16.7 Å². The normalized spacial score (nSPS) is 26.7. The van der Waals surface area contributed by atoms with E-state index in [0.717, 1.165) is 17.8 Å². The molecule has 0 spiro atoms. The fraction of sp³-hybridized carbons (Fsp3) is 0.630. The lowest BCUT2D eigenvalue weighted by atomic mass is 9.63. The first-order valence-electron chi connectivity index (χ1n) is 12.1. The summed E-state index contributed by atoms with van der Waals surface area (Å²) in [7, 11) is 0. The van der Waals surface area contributed by atoms with Gasteiger partial charge in [0.05, 0.1) is 0 Å². The molecule has 0 saturated heterocycles. The van der Waals surface area contributed by atoms with Gasteiger partial charge in [0.15, 0.2) is 5.82 Å². The van der Waals surface area contributed by atoms with E-state index in [-0.39, 0.29) is 0 Å². The van der Waals surface area contributed by atoms with E-state index in [2.05, 4.69) is 6.92 Å². The van der Waals surface area contributed by atoms with E-state index in [1.165, 1.54) is 88.7 Å². The van der Waals surface area contributed by atoms with Gasteiger partial charge in [0.1, 0.15) is 10.8 Å². The quantitative estimate of drug-likeness (QED) is 0.302. The maximum atomic E-state index is 14.3. The van der Waals surface area contributed by atoms with Crippen LogP contribution in [0.15, 0.2) is 24.3 Å². The van der Waals surface area contributed by atoms with Crippen LogP contribution in [-0.2, 0) is 0 Å². The Kier molecular flexibility index (Phi) is 7.34. The minimum absolute atomic E-state index is 0.405. The van der Waals surface area contributed by atoms with Crippen LogP contribution in [0.25, 0.3) is 10.8 Å². The first-order valence-corrected chi connectivity index (χ1v) is 12.5. The van der Waals surface area contributed by atoms with Crippen molar-refractivity contribution >= 4 is 22.4 Å². The fourth-order valence-electron chi connectivity index (χ4n) is 6.17. The van der Waals surface area contributed by atoms with Crippen LogP contribution in [0.1, 0.15) is 95.5 Å². The van der Waals surface area contributed by atoms with E-state index >= 15 is 0 Å². The summed E-state index contributed by atoms with van der Waals surface area (Å²) < 4.78 is 28.2. The maximum absolute atomic E-state index is 14.3. The van der Waals surface area contributed by atoms with Crippen LogP contribution in [0.2, 0.25) is 5.02 Å². The Morgan fingerprint density at radius 3 is 2.50 bits per heavy atom. The van der Waals surface area contributed by atoms with Gasteiger partial charge in [-0.3, -0.25) is 0 Å². The average molecular weight is 433 g/mol. The maximum Gasteiger partial charge on any atom is 0.152 e. The molecular weight excluding hydrogens is 398 g/mol. The standard InChI is InChI=1S/C27H35ClF2/c1-2-3-4-5-6-7-18-8-9-20-15-21(11-10-19(20)14-18)22-12-13-24-23(16-22)17-25(29)26(28)27(24)30/h12-13,16-21H,2-11,14-15H2,1H3. The van der Waals surface area contributed by atoms with Crippen molar-refractivity contribution in [2.75, 3.05) is 0 Å². The van der Waals surface area contributed by atoms with Gasteiger partial charge in [-0.2, -0.15) is 0 Å². The van der Waals surface area contributed by atoms with Gasteiger partial charge in [-0.15, -0.1) is 0 Å². The summed E-state index contributed by atoms with van der Waals surface area (Å²) in [5.41, 5.74) is 1.24. The molecule has 2 aliphatic rings. The average Bonchev–Trinajstić information content (AvgIpc) is 2.76. The number of hydrogen-bond acceptors (Lipinski definition) is 0. The summed E-state index contributed by atoms with van der Waals surface area (Å²) in [4.78, 5) is 0. The van der Waals surface area contributed by atoms with Crippen molar-refractivity contribution in [3.63, 3.8) is 0 Å². The number of benzene rings is 2. The Morgan fingerprint density at radius 2 is 1.67 bits per heavy atom. The Bertz CT molecular complexity index is 862. The van der Waals surface area contributed by atoms with Gasteiger partial charge in [0, 0.05) is 5.39 Å². The van der Waals surface area contributed by atoms with E-state index in [9.17, 15) is 8.78 Å². The summed E-state index contributed by atoms with van der Waals surface area (Å²) >= 11 is 5.74. The molecular formula is C27H35ClF2. The summed E-state index contributed by atoms with van der Waals surface area (Å²) in [5, 5.41) is 0.636. The van der Waals surface area contributed by atoms with Crippen molar-refractivity contribution in [2.24, 2.45) is 17.8 Å². The van der Waals surface area contributed by atoms with Crippen molar-refractivity contribution in [2.45, 2.75) is 89.9 Å². The Morgan fingerprint density at radius 1 is 0.900 bits per heavy atom. The first-order chi connectivity index (χ1) is 14.6. The highest BCUT2D eigenvalue weighted by Crippen LogP contribution is 2.48. The largest absolute Gasteiger partial charge is 0.205 e. The molecule has 0 aliphatic heterocycles. The number of hydrogen-bond donors (Lipinski definition) is 0. The van der Waals surface area contributed by atoms with Crippen LogP contribution in [0, 0.1) is 29.4 Å². The third-order valence-electron chi connectivity index (χ3n) is 7.91. The fourth-order valence-corrected chi connectivity index (χ4v) is 6.32. The Labute approximate surface area is 185 Å². The molecule has 4 atom stereocenters. The molecule has 164 valence electrons. The molecule has 0 aromatic heterocycles. The van der Waals surface area contributed by atoms with Crippen molar-refractivity contribution in [3.8, 4) is 0 Å². The summed E-state index contributed by atoms with van der Waals surface area (Å²) in [6, 6.07) is 7.19. The van der Waals surface area contributed by atoms with Crippen LogP contribution in [0.4, 0.5) is 8.78 Å². The summed E-state index contributed by atoms with van der Waals surface area (Å²) in [6.07, 6.45) is 16.3. The Balaban J connectivity index is 1.36. The third-order valence-corrected chi connectivity index (χ3v) is 8.25. The summed E-state index contributed by atoms with van der Waals surface area (Å²) in [6.45, 7) is 2.28. The molecule has 0 N–H and O–H groups in total. The summed E-state index contributed by atoms with van der Waals surface area (Å²) in [5.74, 6) is 1.87. The highest BCUT2D eigenvalue weighted by Gasteiger charge is 2.35. The predicted octanol–water partition coefficient (Wildman–Crippen LogP) is 9.43. The van der Waals surface area contributed by atoms with Gasteiger partial charge in [0.2, 0.25) is 0 Å². The molecule has 2 fully saturated rings. The zero-order valence-corrected chi connectivity index (χ0v) is 19.0. The van der Waals surface area contributed by atoms with Gasteiger partial charge in [-0.1, -0.05) is 81.7 Å². The highest BCUT2D eigenvalue weighted by molar-refractivity contribution is 6.31. The topological polar surface area (TPSA) is 0 Å². The van der Waals surface area contributed by atoms with Gasteiger partial charge in [-0.05, 0) is 72.8 Å². The van der Waals surface area contributed by atoms with Crippen LogP contribution in [0.3, 0.4) is 0 Å². The lowest BCUT2D eigenvalue weighted by molar-refractivity contribution is 0.113. The Hall–Kier alpha value is -1.15.